The quantitative estimate of drug-likeness (QED) is 0.676. The second-order valence-corrected chi connectivity index (χ2v) is 2.74. The molecule has 0 atom stereocenters. The summed E-state index contributed by atoms with van der Waals surface area (Å²) in [6.07, 6.45) is 2.89. The fourth-order valence-electron chi connectivity index (χ4n) is 1.32. The van der Waals surface area contributed by atoms with Crippen LogP contribution in [-0.2, 0) is 4.74 Å². The molecule has 0 spiro atoms. The summed E-state index contributed by atoms with van der Waals surface area (Å²) in [5.41, 5.74) is 0.762. The van der Waals surface area contributed by atoms with E-state index >= 15 is 0 Å². The zero-order valence-corrected chi connectivity index (χ0v) is 6.69. The molecule has 66 valence electrons. The van der Waals surface area contributed by atoms with E-state index < -0.39 is 0 Å². The third-order valence-corrected chi connectivity index (χ3v) is 1.97. The highest BCUT2D eigenvalue weighted by Gasteiger charge is 2.15. The van der Waals surface area contributed by atoms with E-state index in [0.29, 0.717) is 13.2 Å². The van der Waals surface area contributed by atoms with Crippen LogP contribution in [0.15, 0.2) is 16.9 Å². The molecule has 0 aliphatic carbocycles. The standard InChI is InChI=1S/C8H11NO3/c10-8-6-12-5-7(8)9-1-3-11-4-2-9/h5-6,10H,1-4H2. The van der Waals surface area contributed by atoms with E-state index in [2.05, 4.69) is 0 Å². The van der Waals surface area contributed by atoms with Gasteiger partial charge in [0.15, 0.2) is 5.75 Å². The Balaban J connectivity index is 2.13. The van der Waals surface area contributed by atoms with Gasteiger partial charge >= 0.3 is 0 Å². The Labute approximate surface area is 70.3 Å². The zero-order chi connectivity index (χ0) is 8.39. The van der Waals surface area contributed by atoms with Crippen LogP contribution < -0.4 is 4.90 Å². The molecule has 1 aliphatic heterocycles. The molecule has 2 rings (SSSR count). The van der Waals surface area contributed by atoms with Crippen molar-refractivity contribution in [2.75, 3.05) is 31.2 Å². The Morgan fingerprint density at radius 2 is 2.00 bits per heavy atom. The van der Waals surface area contributed by atoms with Gasteiger partial charge in [0.2, 0.25) is 0 Å². The Hall–Kier alpha value is -1.16. The van der Waals surface area contributed by atoms with Gasteiger partial charge in [-0.2, -0.15) is 0 Å². The first kappa shape index (κ1) is 7.49. The molecule has 1 saturated heterocycles. The molecular weight excluding hydrogens is 158 g/mol. The van der Waals surface area contributed by atoms with Crippen molar-refractivity contribution in [3.05, 3.63) is 12.5 Å². The van der Waals surface area contributed by atoms with E-state index in [1.807, 2.05) is 4.90 Å². The number of furan rings is 1. The van der Waals surface area contributed by atoms with Gasteiger partial charge in [-0.25, -0.2) is 0 Å². The molecule has 0 amide bonds. The molecule has 0 bridgehead atoms. The maximum absolute atomic E-state index is 9.33. The van der Waals surface area contributed by atoms with E-state index in [-0.39, 0.29) is 5.75 Å². The van der Waals surface area contributed by atoms with E-state index in [9.17, 15) is 5.11 Å². The molecule has 0 aromatic carbocycles. The summed E-state index contributed by atoms with van der Waals surface area (Å²) < 4.78 is 10.0. The molecule has 0 radical (unpaired) electrons. The zero-order valence-electron chi connectivity index (χ0n) is 6.69. The normalized spacial score (nSPS) is 18.2. The van der Waals surface area contributed by atoms with Crippen LogP contribution >= 0.6 is 0 Å². The van der Waals surface area contributed by atoms with Crippen LogP contribution in [0.4, 0.5) is 5.69 Å². The summed E-state index contributed by atoms with van der Waals surface area (Å²) >= 11 is 0. The van der Waals surface area contributed by atoms with Gasteiger partial charge in [-0.3, -0.25) is 0 Å². The predicted molar refractivity (Wildman–Crippen MR) is 43.4 cm³/mol. The third kappa shape index (κ3) is 1.25. The minimum Gasteiger partial charge on any atom is -0.503 e. The van der Waals surface area contributed by atoms with Gasteiger partial charge in [-0.05, 0) is 0 Å². The lowest BCUT2D eigenvalue weighted by atomic mass is 10.3. The first-order valence-corrected chi connectivity index (χ1v) is 3.96. The molecule has 1 N–H and O–H groups in total. The first-order chi connectivity index (χ1) is 5.88. The number of nitrogens with zero attached hydrogens (tertiary/aromatic N) is 1. The van der Waals surface area contributed by atoms with Crippen molar-refractivity contribution in [1.82, 2.24) is 0 Å². The van der Waals surface area contributed by atoms with Crippen LogP contribution in [0.2, 0.25) is 0 Å². The Morgan fingerprint density at radius 3 is 2.58 bits per heavy atom. The summed E-state index contributed by atoms with van der Waals surface area (Å²) in [5.74, 6) is 0.205. The van der Waals surface area contributed by atoms with Crippen molar-refractivity contribution < 1.29 is 14.3 Å². The van der Waals surface area contributed by atoms with Gasteiger partial charge in [0.05, 0.1) is 13.2 Å². The second kappa shape index (κ2) is 3.06. The highest BCUT2D eigenvalue weighted by Crippen LogP contribution is 2.28. The van der Waals surface area contributed by atoms with E-state index in [0.717, 1.165) is 18.8 Å². The fraction of sp³-hybridized carbons (Fsp3) is 0.500. The largest absolute Gasteiger partial charge is 0.503 e. The lowest BCUT2D eigenvalue weighted by molar-refractivity contribution is 0.122. The second-order valence-electron chi connectivity index (χ2n) is 2.74. The molecule has 12 heavy (non-hydrogen) atoms. The fourth-order valence-corrected chi connectivity index (χ4v) is 1.32. The van der Waals surface area contributed by atoms with Gasteiger partial charge in [0.1, 0.15) is 18.2 Å². The van der Waals surface area contributed by atoms with Crippen molar-refractivity contribution in [2.24, 2.45) is 0 Å². The number of rotatable bonds is 1. The number of hydrogen-bond donors (Lipinski definition) is 1. The summed E-state index contributed by atoms with van der Waals surface area (Å²) in [7, 11) is 0. The van der Waals surface area contributed by atoms with Crippen molar-refractivity contribution in [3.63, 3.8) is 0 Å². The molecule has 1 aromatic rings. The Morgan fingerprint density at radius 1 is 1.25 bits per heavy atom. The van der Waals surface area contributed by atoms with Crippen molar-refractivity contribution in [2.45, 2.75) is 0 Å². The van der Waals surface area contributed by atoms with Gasteiger partial charge in [-0.15, -0.1) is 0 Å². The molecule has 0 unspecified atom stereocenters. The van der Waals surface area contributed by atoms with Crippen LogP contribution in [0.25, 0.3) is 0 Å². The molecule has 4 nitrogen and oxygen atoms in total. The van der Waals surface area contributed by atoms with E-state index in [1.54, 1.807) is 6.26 Å². The van der Waals surface area contributed by atoms with Crippen molar-refractivity contribution in [1.29, 1.82) is 0 Å². The summed E-state index contributed by atoms with van der Waals surface area (Å²) in [6.45, 7) is 3.05. The molecule has 2 heterocycles. The van der Waals surface area contributed by atoms with E-state index in [1.165, 1.54) is 6.26 Å². The minimum atomic E-state index is 0.205. The molecule has 4 heteroatoms. The SMILES string of the molecule is Oc1cocc1N1CCOCC1. The van der Waals surface area contributed by atoms with Crippen LogP contribution in [0, 0.1) is 0 Å². The molecule has 1 aromatic heterocycles. The lowest BCUT2D eigenvalue weighted by Gasteiger charge is -2.27. The van der Waals surface area contributed by atoms with Crippen molar-refractivity contribution in [3.8, 4) is 5.75 Å². The number of hydrogen-bond acceptors (Lipinski definition) is 4. The first-order valence-electron chi connectivity index (χ1n) is 3.96. The minimum absolute atomic E-state index is 0.205. The Bertz CT molecular complexity index is 253. The van der Waals surface area contributed by atoms with Crippen LogP contribution in [0.1, 0.15) is 0 Å². The van der Waals surface area contributed by atoms with Crippen LogP contribution in [0.5, 0.6) is 5.75 Å². The monoisotopic (exact) mass is 169 g/mol. The highest BCUT2D eigenvalue weighted by molar-refractivity contribution is 5.55. The summed E-state index contributed by atoms with van der Waals surface area (Å²) in [5, 5.41) is 9.33. The maximum atomic E-state index is 9.33. The molecular formula is C8H11NO3. The van der Waals surface area contributed by atoms with E-state index in [4.69, 9.17) is 9.15 Å². The average Bonchev–Trinajstić information content (AvgIpc) is 2.53. The summed E-state index contributed by atoms with van der Waals surface area (Å²) in [4.78, 5) is 2.04. The number of aromatic hydroxyl groups is 1. The maximum Gasteiger partial charge on any atom is 0.177 e. The number of anilines is 1. The van der Waals surface area contributed by atoms with Gasteiger partial charge in [0.25, 0.3) is 0 Å². The summed E-state index contributed by atoms with van der Waals surface area (Å²) in [6, 6.07) is 0. The van der Waals surface area contributed by atoms with Gasteiger partial charge < -0.3 is 19.2 Å². The smallest absolute Gasteiger partial charge is 0.177 e. The topological polar surface area (TPSA) is 45.8 Å². The Kier molecular flexibility index (Phi) is 1.91. The number of ether oxygens (including phenoxy) is 1. The molecule has 1 fully saturated rings. The van der Waals surface area contributed by atoms with Gasteiger partial charge in [0, 0.05) is 13.1 Å². The van der Waals surface area contributed by atoms with Crippen LogP contribution in [-0.4, -0.2) is 31.4 Å². The highest BCUT2D eigenvalue weighted by atomic mass is 16.5. The predicted octanol–water partition coefficient (Wildman–Crippen LogP) is 0.822. The number of morpholine rings is 1. The molecule has 0 saturated carbocycles. The lowest BCUT2D eigenvalue weighted by Crippen LogP contribution is -2.35. The molecule has 1 aliphatic rings. The third-order valence-electron chi connectivity index (χ3n) is 1.97. The van der Waals surface area contributed by atoms with Crippen LogP contribution in [0.3, 0.4) is 0 Å². The van der Waals surface area contributed by atoms with Gasteiger partial charge in [-0.1, -0.05) is 0 Å². The van der Waals surface area contributed by atoms with Crippen molar-refractivity contribution >= 4 is 5.69 Å². The average molecular weight is 169 g/mol.